The second-order valence-electron chi connectivity index (χ2n) is 9.50. The molecule has 1 aromatic heterocycles. The van der Waals surface area contributed by atoms with Gasteiger partial charge >= 0.3 is 0 Å². The predicted octanol–water partition coefficient (Wildman–Crippen LogP) is 6.19. The van der Waals surface area contributed by atoms with Gasteiger partial charge in [0.2, 0.25) is 5.91 Å². The molecule has 5 nitrogen and oxygen atoms in total. The summed E-state index contributed by atoms with van der Waals surface area (Å²) in [6.45, 7) is 3.97. The third-order valence-electron chi connectivity index (χ3n) is 6.61. The van der Waals surface area contributed by atoms with Crippen LogP contribution < -0.4 is 5.32 Å². The summed E-state index contributed by atoms with van der Waals surface area (Å²) >= 11 is 1.64. The van der Waals surface area contributed by atoms with Crippen molar-refractivity contribution < 1.29 is 9.53 Å². The number of hydrogen-bond donors (Lipinski definition) is 1. The number of amides is 1. The molecule has 1 N–H and O–H groups in total. The predicted molar refractivity (Wildman–Crippen MR) is 143 cm³/mol. The molecule has 0 spiro atoms. The molecule has 0 fully saturated rings. The van der Waals surface area contributed by atoms with E-state index in [9.17, 15) is 10.1 Å². The molecule has 0 bridgehead atoms. The van der Waals surface area contributed by atoms with Crippen LogP contribution in [0.5, 0.6) is 0 Å². The normalized spacial score (nSPS) is 18.8. The molecule has 2 aliphatic rings. The number of hydrogen-bond acceptors (Lipinski definition) is 5. The van der Waals surface area contributed by atoms with E-state index in [-0.39, 0.29) is 24.2 Å². The molecule has 1 amide bonds. The van der Waals surface area contributed by atoms with Gasteiger partial charge in [0.1, 0.15) is 5.01 Å². The first-order valence-corrected chi connectivity index (χ1v) is 13.2. The van der Waals surface area contributed by atoms with E-state index in [1.807, 2.05) is 56.5 Å². The Labute approximate surface area is 216 Å². The van der Waals surface area contributed by atoms with E-state index < -0.39 is 0 Å². The van der Waals surface area contributed by atoms with E-state index in [2.05, 4.69) is 35.7 Å². The SMILES string of the molecule is CC(C)OC1CC=C(c2ncc(-c3cccc4c3CC[C@@H]4NC(=O)Cc3ccccc3)s2)C=C1C#N. The van der Waals surface area contributed by atoms with Crippen molar-refractivity contribution >= 4 is 22.8 Å². The van der Waals surface area contributed by atoms with Crippen LogP contribution in [0.25, 0.3) is 16.0 Å². The van der Waals surface area contributed by atoms with Crippen molar-refractivity contribution in [1.29, 1.82) is 5.26 Å². The van der Waals surface area contributed by atoms with E-state index in [0.29, 0.717) is 18.4 Å². The van der Waals surface area contributed by atoms with E-state index in [1.165, 1.54) is 16.7 Å². The summed E-state index contributed by atoms with van der Waals surface area (Å²) in [5, 5.41) is 13.8. The average molecular weight is 496 g/mol. The zero-order valence-electron chi connectivity index (χ0n) is 20.5. The molecule has 2 aromatic carbocycles. The number of ether oxygens (including phenoxy) is 1. The largest absolute Gasteiger partial charge is 0.370 e. The molecule has 3 aromatic rings. The van der Waals surface area contributed by atoms with Crippen molar-refractivity contribution in [3.8, 4) is 16.5 Å². The van der Waals surface area contributed by atoms with Gasteiger partial charge in [-0.3, -0.25) is 4.79 Å². The van der Waals surface area contributed by atoms with Gasteiger partial charge in [0.15, 0.2) is 0 Å². The van der Waals surface area contributed by atoms with Gasteiger partial charge in [-0.05, 0) is 61.4 Å². The van der Waals surface area contributed by atoms with E-state index in [0.717, 1.165) is 33.9 Å². The number of aromatic nitrogens is 1. The third kappa shape index (κ3) is 5.18. The minimum Gasteiger partial charge on any atom is -0.370 e. The van der Waals surface area contributed by atoms with Crippen LogP contribution in [0.15, 0.2) is 72.5 Å². The Morgan fingerprint density at radius 2 is 2.06 bits per heavy atom. The number of nitrogens with one attached hydrogen (secondary N) is 1. The molecule has 36 heavy (non-hydrogen) atoms. The monoisotopic (exact) mass is 495 g/mol. The Kier molecular flexibility index (Phi) is 7.13. The first-order chi connectivity index (χ1) is 17.5. The third-order valence-corrected chi connectivity index (χ3v) is 7.69. The van der Waals surface area contributed by atoms with Crippen molar-refractivity contribution in [1.82, 2.24) is 10.3 Å². The summed E-state index contributed by atoms with van der Waals surface area (Å²) in [4.78, 5) is 18.5. The van der Waals surface area contributed by atoms with Crippen molar-refractivity contribution in [2.45, 2.75) is 57.8 Å². The molecule has 6 heteroatoms. The molecular weight excluding hydrogens is 466 g/mol. The summed E-state index contributed by atoms with van der Waals surface area (Å²) in [5.74, 6) is 0.0496. The lowest BCUT2D eigenvalue weighted by atomic mass is 9.97. The van der Waals surface area contributed by atoms with Crippen LogP contribution in [0, 0.1) is 11.3 Å². The smallest absolute Gasteiger partial charge is 0.224 e. The fourth-order valence-corrected chi connectivity index (χ4v) is 5.97. The zero-order chi connectivity index (χ0) is 25.1. The molecule has 1 heterocycles. The molecule has 1 unspecified atom stereocenters. The maximum atomic E-state index is 12.7. The average Bonchev–Trinajstić information content (AvgIpc) is 3.52. The van der Waals surface area contributed by atoms with Gasteiger partial charge < -0.3 is 10.1 Å². The summed E-state index contributed by atoms with van der Waals surface area (Å²) < 4.78 is 5.89. The van der Waals surface area contributed by atoms with E-state index in [1.54, 1.807) is 11.3 Å². The maximum absolute atomic E-state index is 12.7. The van der Waals surface area contributed by atoms with Crippen LogP contribution in [-0.4, -0.2) is 23.1 Å². The first kappa shape index (κ1) is 24.2. The van der Waals surface area contributed by atoms with Crippen molar-refractivity contribution in [2.24, 2.45) is 0 Å². The van der Waals surface area contributed by atoms with Gasteiger partial charge in [0.05, 0.1) is 41.2 Å². The van der Waals surface area contributed by atoms with Crippen LogP contribution in [0.3, 0.4) is 0 Å². The molecule has 0 saturated carbocycles. The number of thiazole rings is 1. The highest BCUT2D eigenvalue weighted by Gasteiger charge is 2.27. The van der Waals surface area contributed by atoms with Gasteiger partial charge in [-0.1, -0.05) is 54.6 Å². The highest BCUT2D eigenvalue weighted by atomic mass is 32.1. The molecule has 5 rings (SSSR count). The van der Waals surface area contributed by atoms with Crippen LogP contribution in [0.2, 0.25) is 0 Å². The van der Waals surface area contributed by atoms with Gasteiger partial charge in [0.25, 0.3) is 0 Å². The van der Waals surface area contributed by atoms with Gasteiger partial charge in [-0.2, -0.15) is 5.26 Å². The minimum atomic E-state index is -0.190. The Morgan fingerprint density at radius 1 is 1.22 bits per heavy atom. The van der Waals surface area contributed by atoms with E-state index >= 15 is 0 Å². The Bertz CT molecular complexity index is 1360. The molecule has 2 aliphatic carbocycles. The minimum absolute atomic E-state index is 0.0311. The van der Waals surface area contributed by atoms with E-state index in [4.69, 9.17) is 9.72 Å². The van der Waals surface area contributed by atoms with Crippen LogP contribution in [-0.2, 0) is 22.4 Å². The summed E-state index contributed by atoms with van der Waals surface area (Å²) in [7, 11) is 0. The summed E-state index contributed by atoms with van der Waals surface area (Å²) in [5.41, 5.74) is 6.30. The topological polar surface area (TPSA) is 75.0 Å². The lowest BCUT2D eigenvalue weighted by Gasteiger charge is -2.21. The first-order valence-electron chi connectivity index (χ1n) is 12.4. The van der Waals surface area contributed by atoms with Gasteiger partial charge in [-0.25, -0.2) is 4.98 Å². The molecule has 0 saturated heterocycles. The van der Waals surface area contributed by atoms with Crippen LogP contribution in [0.4, 0.5) is 0 Å². The second kappa shape index (κ2) is 10.6. The number of carbonyl (C=O) groups is 1. The summed E-state index contributed by atoms with van der Waals surface area (Å²) in [6.07, 6.45) is 8.71. The molecule has 182 valence electrons. The number of nitriles is 1. The molecule has 0 radical (unpaired) electrons. The van der Waals surface area contributed by atoms with Crippen LogP contribution >= 0.6 is 11.3 Å². The molecular formula is C30H29N3O2S. The zero-order valence-corrected chi connectivity index (χ0v) is 21.3. The quantitative estimate of drug-likeness (QED) is 0.424. The molecule has 0 aliphatic heterocycles. The standard InChI is InChI=1S/C30H29N3O2S/c1-19(2)35-27-14-11-21(16-22(27)17-31)30-32-18-28(36-30)25-10-6-9-24-23(25)12-13-26(24)33-29(34)15-20-7-4-3-5-8-20/h3-11,16,18-19,26-27H,12-15H2,1-2H3,(H,33,34)/t26-,27?/m0/s1. The van der Waals surface area contributed by atoms with Crippen LogP contribution in [0.1, 0.15) is 54.4 Å². The second-order valence-corrected chi connectivity index (χ2v) is 10.5. The fourth-order valence-electron chi connectivity index (χ4n) is 4.98. The number of carbonyl (C=O) groups excluding carboxylic acids is 1. The maximum Gasteiger partial charge on any atom is 0.224 e. The number of rotatable bonds is 7. The Morgan fingerprint density at radius 3 is 2.83 bits per heavy atom. The van der Waals surface area contributed by atoms with Crippen molar-refractivity contribution in [3.05, 3.63) is 94.2 Å². The van der Waals surface area contributed by atoms with Crippen molar-refractivity contribution in [2.75, 3.05) is 0 Å². The number of allylic oxidation sites excluding steroid dienone is 2. The number of benzene rings is 2. The summed E-state index contributed by atoms with van der Waals surface area (Å²) in [6, 6.07) is 18.5. The molecule has 2 atom stereocenters. The Hall–Kier alpha value is -3.53. The fraction of sp³-hybridized carbons (Fsp3) is 0.300. The highest BCUT2D eigenvalue weighted by molar-refractivity contribution is 7.16. The Balaban J connectivity index is 1.33. The highest BCUT2D eigenvalue weighted by Crippen LogP contribution is 2.41. The lowest BCUT2D eigenvalue weighted by molar-refractivity contribution is -0.121. The van der Waals surface area contributed by atoms with Crippen molar-refractivity contribution in [3.63, 3.8) is 0 Å². The van der Waals surface area contributed by atoms with Gasteiger partial charge in [0, 0.05) is 11.8 Å². The van der Waals surface area contributed by atoms with Gasteiger partial charge in [-0.15, -0.1) is 11.3 Å². The number of nitrogens with zero attached hydrogens (tertiary/aromatic N) is 2. The lowest BCUT2D eigenvalue weighted by Crippen LogP contribution is -2.28. The number of fused-ring (bicyclic) bond motifs is 1.